The normalized spacial score (nSPS) is 14.0. The highest BCUT2D eigenvalue weighted by atomic mass is 35.5. The SMILES string of the molecule is COc1cc(F)cc([C@@H](CO)NC(=O)[C@@H](C)N2Cc3ncc(-c4nc(Nc5cn(C)nn5)ncc4Cl)cc3C2=O)n1. The van der Waals surface area contributed by atoms with Gasteiger partial charge in [0.05, 0.1) is 66.4 Å². The Balaban J connectivity index is 1.33. The predicted octanol–water partition coefficient (Wildman–Crippen LogP) is 1.80. The summed E-state index contributed by atoms with van der Waals surface area (Å²) in [5.41, 5.74) is 1.63. The van der Waals surface area contributed by atoms with E-state index in [1.807, 2.05) is 0 Å². The van der Waals surface area contributed by atoms with Gasteiger partial charge in [-0.2, -0.15) is 0 Å². The molecule has 2 atom stereocenters. The van der Waals surface area contributed by atoms with Gasteiger partial charge in [-0.05, 0) is 19.1 Å². The van der Waals surface area contributed by atoms with Crippen LogP contribution in [0.15, 0.2) is 36.8 Å². The maximum absolute atomic E-state index is 14.0. The van der Waals surface area contributed by atoms with Gasteiger partial charge in [-0.15, -0.1) is 5.10 Å². The van der Waals surface area contributed by atoms with Crippen LogP contribution in [-0.2, 0) is 18.4 Å². The Morgan fingerprint density at radius 2 is 2.05 bits per heavy atom. The third kappa shape index (κ3) is 5.76. The Morgan fingerprint density at radius 1 is 1.24 bits per heavy atom. The zero-order chi connectivity index (χ0) is 29.3. The zero-order valence-corrected chi connectivity index (χ0v) is 22.8. The number of aliphatic hydroxyl groups excluding tert-OH is 1. The number of amides is 2. The number of carbonyl (C=O) groups is 2. The summed E-state index contributed by atoms with van der Waals surface area (Å²) in [6.45, 7) is 1.07. The first-order chi connectivity index (χ1) is 19.7. The van der Waals surface area contributed by atoms with Crippen LogP contribution in [0.3, 0.4) is 0 Å². The van der Waals surface area contributed by atoms with Crippen LogP contribution in [0.4, 0.5) is 16.2 Å². The van der Waals surface area contributed by atoms with E-state index < -0.39 is 36.3 Å². The molecule has 0 aromatic carbocycles. The van der Waals surface area contributed by atoms with Crippen molar-refractivity contribution in [3.8, 4) is 17.1 Å². The van der Waals surface area contributed by atoms with E-state index in [1.54, 1.807) is 26.2 Å². The first kappa shape index (κ1) is 27.8. The predicted molar refractivity (Wildman–Crippen MR) is 143 cm³/mol. The number of aryl methyl sites for hydroxylation is 1. The highest BCUT2D eigenvalue weighted by Gasteiger charge is 2.36. The van der Waals surface area contributed by atoms with Crippen molar-refractivity contribution in [3.63, 3.8) is 0 Å². The molecule has 3 N–H and O–H groups in total. The van der Waals surface area contributed by atoms with Crippen molar-refractivity contribution in [2.75, 3.05) is 19.0 Å². The smallest absolute Gasteiger partial charge is 0.256 e. The van der Waals surface area contributed by atoms with Gasteiger partial charge in [0.1, 0.15) is 11.9 Å². The molecule has 5 heterocycles. The molecule has 1 aliphatic rings. The first-order valence-electron chi connectivity index (χ1n) is 12.3. The minimum atomic E-state index is -1.02. The number of methoxy groups -OCH3 is 1. The van der Waals surface area contributed by atoms with Crippen molar-refractivity contribution >= 4 is 35.2 Å². The minimum absolute atomic E-state index is 0.00627. The first-order valence-corrected chi connectivity index (χ1v) is 12.6. The van der Waals surface area contributed by atoms with E-state index >= 15 is 0 Å². The van der Waals surface area contributed by atoms with Gasteiger partial charge in [-0.1, -0.05) is 16.8 Å². The van der Waals surface area contributed by atoms with Crippen LogP contribution in [0, 0.1) is 5.82 Å². The zero-order valence-electron chi connectivity index (χ0n) is 22.0. The van der Waals surface area contributed by atoms with Gasteiger partial charge < -0.3 is 25.4 Å². The van der Waals surface area contributed by atoms with Crippen LogP contribution in [-0.4, -0.2) is 76.5 Å². The largest absolute Gasteiger partial charge is 0.481 e. The lowest BCUT2D eigenvalue weighted by Gasteiger charge is -2.25. The summed E-state index contributed by atoms with van der Waals surface area (Å²) >= 11 is 6.37. The number of aromatic nitrogens is 7. The van der Waals surface area contributed by atoms with Crippen molar-refractivity contribution in [2.24, 2.45) is 7.05 Å². The lowest BCUT2D eigenvalue weighted by atomic mass is 10.1. The third-order valence-electron chi connectivity index (χ3n) is 6.34. The average molecular weight is 583 g/mol. The van der Waals surface area contributed by atoms with E-state index in [4.69, 9.17) is 16.3 Å². The maximum Gasteiger partial charge on any atom is 0.256 e. The van der Waals surface area contributed by atoms with E-state index in [2.05, 4.69) is 40.9 Å². The van der Waals surface area contributed by atoms with Crippen molar-refractivity contribution in [1.82, 2.24) is 45.1 Å². The number of carbonyl (C=O) groups excluding carboxylic acids is 2. The lowest BCUT2D eigenvalue weighted by molar-refractivity contribution is -0.126. The van der Waals surface area contributed by atoms with Crippen LogP contribution in [0.2, 0.25) is 5.02 Å². The molecule has 1 aliphatic heterocycles. The van der Waals surface area contributed by atoms with Crippen molar-refractivity contribution in [1.29, 1.82) is 0 Å². The van der Waals surface area contributed by atoms with E-state index in [-0.39, 0.29) is 34.7 Å². The molecule has 4 aromatic rings. The van der Waals surface area contributed by atoms with Crippen molar-refractivity contribution in [3.05, 3.63) is 64.6 Å². The van der Waals surface area contributed by atoms with Crippen LogP contribution >= 0.6 is 11.6 Å². The number of nitrogens with zero attached hydrogens (tertiary/aromatic N) is 8. The molecule has 0 radical (unpaired) electrons. The summed E-state index contributed by atoms with van der Waals surface area (Å²) in [6, 6.07) is 1.80. The molecule has 4 aromatic heterocycles. The quantitative estimate of drug-likeness (QED) is 0.262. The molecule has 212 valence electrons. The summed E-state index contributed by atoms with van der Waals surface area (Å²) in [4.78, 5) is 44.9. The number of anilines is 2. The van der Waals surface area contributed by atoms with Crippen LogP contribution < -0.4 is 15.4 Å². The van der Waals surface area contributed by atoms with Crippen LogP contribution in [0.5, 0.6) is 5.88 Å². The number of halogens is 2. The summed E-state index contributed by atoms with van der Waals surface area (Å²) in [7, 11) is 3.04. The van der Waals surface area contributed by atoms with Crippen molar-refractivity contribution in [2.45, 2.75) is 25.6 Å². The number of pyridine rings is 2. The fourth-order valence-corrected chi connectivity index (χ4v) is 4.41. The average Bonchev–Trinajstić information content (AvgIpc) is 3.53. The fourth-order valence-electron chi connectivity index (χ4n) is 4.21. The van der Waals surface area contributed by atoms with Gasteiger partial charge >= 0.3 is 0 Å². The topological polar surface area (TPSA) is 173 Å². The third-order valence-corrected chi connectivity index (χ3v) is 6.62. The van der Waals surface area contributed by atoms with E-state index in [0.717, 1.165) is 12.1 Å². The molecular weight excluding hydrogens is 559 g/mol. The monoisotopic (exact) mass is 582 g/mol. The standard InChI is InChI=1S/C25H24ClFN10O4/c1-12(23(39)31-19(11-38)17-5-14(27)6-21(30-17)41-3)37-9-18-15(24(37)40)4-13(7-28-18)22-16(26)8-29-25(33-22)32-20-10-36(2)35-34-20/h4-8,10,12,19,38H,9,11H2,1-3H3,(H,31,39)(H,29,32,33)/t12-,19-/m1/s1. The number of nitrogens with one attached hydrogen (secondary N) is 2. The molecule has 0 saturated heterocycles. The number of rotatable bonds is 9. The number of ether oxygens (including phenoxy) is 1. The summed E-state index contributed by atoms with van der Waals surface area (Å²) in [5, 5.41) is 23.4. The van der Waals surface area contributed by atoms with Gasteiger partial charge in [0.25, 0.3) is 5.91 Å². The molecule has 0 fully saturated rings. The van der Waals surface area contributed by atoms with Gasteiger partial charge in [-0.25, -0.2) is 19.3 Å². The molecule has 0 unspecified atom stereocenters. The van der Waals surface area contributed by atoms with Gasteiger partial charge in [0.2, 0.25) is 17.7 Å². The molecule has 2 amide bonds. The highest BCUT2D eigenvalue weighted by Crippen LogP contribution is 2.31. The second-order valence-corrected chi connectivity index (χ2v) is 9.52. The fraction of sp³-hybridized carbons (Fsp3) is 0.280. The molecule has 16 heteroatoms. The number of aliphatic hydroxyl groups is 1. The molecular formula is C25H24ClFN10O4. The number of fused-ring (bicyclic) bond motifs is 1. The highest BCUT2D eigenvalue weighted by molar-refractivity contribution is 6.33. The Labute approximate surface area is 237 Å². The van der Waals surface area contributed by atoms with E-state index in [0.29, 0.717) is 22.8 Å². The Morgan fingerprint density at radius 3 is 2.76 bits per heavy atom. The van der Waals surface area contributed by atoms with Gasteiger partial charge in [0, 0.05) is 24.9 Å². The van der Waals surface area contributed by atoms with Crippen LogP contribution in [0.25, 0.3) is 11.3 Å². The Bertz CT molecular complexity index is 1630. The van der Waals surface area contributed by atoms with E-state index in [9.17, 15) is 19.1 Å². The Hall–Kier alpha value is -4.76. The molecule has 5 rings (SSSR count). The molecule has 0 bridgehead atoms. The molecule has 41 heavy (non-hydrogen) atoms. The minimum Gasteiger partial charge on any atom is -0.481 e. The lowest BCUT2D eigenvalue weighted by Crippen LogP contribution is -2.47. The summed E-state index contributed by atoms with van der Waals surface area (Å²) in [5.74, 6) is -0.997. The number of hydrogen-bond donors (Lipinski definition) is 3. The van der Waals surface area contributed by atoms with Gasteiger partial charge in [-0.3, -0.25) is 19.3 Å². The molecule has 14 nitrogen and oxygen atoms in total. The maximum atomic E-state index is 14.0. The van der Waals surface area contributed by atoms with Gasteiger partial charge in [0.15, 0.2) is 5.82 Å². The second kappa shape index (κ2) is 11.4. The Kier molecular flexibility index (Phi) is 7.72. The molecule has 0 spiro atoms. The summed E-state index contributed by atoms with van der Waals surface area (Å²) < 4.78 is 20.4. The molecule has 0 aliphatic carbocycles. The summed E-state index contributed by atoms with van der Waals surface area (Å²) in [6.07, 6.45) is 4.59. The van der Waals surface area contributed by atoms with Crippen molar-refractivity contribution < 1.29 is 23.8 Å². The van der Waals surface area contributed by atoms with E-state index in [1.165, 1.54) is 29.1 Å². The second-order valence-electron chi connectivity index (χ2n) is 9.12. The van der Waals surface area contributed by atoms with Crippen LogP contribution in [0.1, 0.15) is 34.7 Å². The molecule has 0 saturated carbocycles. The number of hydrogen-bond acceptors (Lipinski definition) is 11.